The summed E-state index contributed by atoms with van der Waals surface area (Å²) in [5, 5.41) is 0. The second kappa shape index (κ2) is 5.94. The molecule has 0 spiro atoms. The number of rotatable bonds is 3. The molecule has 2 N–H and O–H groups in total. The predicted octanol–water partition coefficient (Wildman–Crippen LogP) is 1.84. The van der Waals surface area contributed by atoms with E-state index < -0.39 is 5.60 Å². The number of hydrogen-bond acceptors (Lipinski definition) is 4. The van der Waals surface area contributed by atoms with Crippen molar-refractivity contribution < 1.29 is 14.3 Å². The van der Waals surface area contributed by atoms with E-state index in [1.165, 1.54) is 11.1 Å². The molecule has 0 amide bonds. The Balaban J connectivity index is 1.90. The van der Waals surface area contributed by atoms with Gasteiger partial charge in [0.1, 0.15) is 12.2 Å². The minimum absolute atomic E-state index is 0.0438. The second-order valence-corrected chi connectivity index (χ2v) is 6.28. The first-order valence-corrected chi connectivity index (χ1v) is 7.01. The molecule has 2 unspecified atom stereocenters. The van der Waals surface area contributed by atoms with Gasteiger partial charge >= 0.3 is 5.97 Å². The summed E-state index contributed by atoms with van der Waals surface area (Å²) < 4.78 is 10.9. The highest BCUT2D eigenvalue weighted by molar-refractivity contribution is 5.71. The summed E-state index contributed by atoms with van der Waals surface area (Å²) >= 11 is 0. The zero-order valence-corrected chi connectivity index (χ0v) is 12.4. The van der Waals surface area contributed by atoms with Crippen molar-refractivity contribution in [2.45, 2.75) is 51.4 Å². The molecule has 0 saturated heterocycles. The van der Waals surface area contributed by atoms with Crippen LogP contribution in [0.5, 0.6) is 0 Å². The number of benzene rings is 1. The molecular formula is C16H23NO3. The summed E-state index contributed by atoms with van der Waals surface area (Å²) in [5.74, 6) is -0.344. The maximum absolute atomic E-state index is 11.7. The van der Waals surface area contributed by atoms with Crippen LogP contribution in [0.2, 0.25) is 0 Å². The fraction of sp³-hybridized carbons (Fsp3) is 0.562. The number of carbonyl (C=O) groups is 1. The molecule has 1 aromatic carbocycles. The minimum atomic E-state index is -0.484. The molecule has 4 heteroatoms. The van der Waals surface area contributed by atoms with E-state index in [1.54, 1.807) is 0 Å². The Labute approximate surface area is 120 Å². The van der Waals surface area contributed by atoms with Gasteiger partial charge in [-0.1, -0.05) is 24.3 Å². The van der Waals surface area contributed by atoms with E-state index in [0.717, 1.165) is 12.8 Å². The van der Waals surface area contributed by atoms with Crippen LogP contribution in [0.4, 0.5) is 0 Å². The Bertz CT molecular complexity index is 479. The molecule has 1 aliphatic carbocycles. The van der Waals surface area contributed by atoms with Crippen LogP contribution in [0.3, 0.4) is 0 Å². The first-order valence-electron chi connectivity index (χ1n) is 7.01. The second-order valence-electron chi connectivity index (χ2n) is 6.28. The van der Waals surface area contributed by atoms with Gasteiger partial charge in [0.15, 0.2) is 0 Å². The average Bonchev–Trinajstić information content (AvgIpc) is 2.34. The smallest absolute Gasteiger partial charge is 0.332 e. The van der Waals surface area contributed by atoms with Gasteiger partial charge in [0, 0.05) is 12.5 Å². The van der Waals surface area contributed by atoms with Crippen molar-refractivity contribution in [3.63, 3.8) is 0 Å². The van der Waals surface area contributed by atoms with Crippen molar-refractivity contribution in [2.24, 2.45) is 5.73 Å². The van der Waals surface area contributed by atoms with Crippen molar-refractivity contribution >= 4 is 5.97 Å². The number of ether oxygens (including phenoxy) is 2. The molecule has 0 heterocycles. The fourth-order valence-corrected chi connectivity index (χ4v) is 2.44. The summed E-state index contributed by atoms with van der Waals surface area (Å²) in [5.41, 5.74) is 8.17. The summed E-state index contributed by atoms with van der Waals surface area (Å²) in [6.45, 7) is 5.48. The Morgan fingerprint density at radius 3 is 2.45 bits per heavy atom. The highest BCUT2D eigenvalue weighted by Crippen LogP contribution is 2.22. The molecular weight excluding hydrogens is 254 g/mol. The molecule has 0 fully saturated rings. The third kappa shape index (κ3) is 4.05. The molecule has 0 aliphatic heterocycles. The van der Waals surface area contributed by atoms with Crippen molar-refractivity contribution in [1.82, 2.24) is 0 Å². The van der Waals surface area contributed by atoms with E-state index in [0.29, 0.717) is 0 Å². The Morgan fingerprint density at radius 2 is 1.85 bits per heavy atom. The van der Waals surface area contributed by atoms with E-state index in [9.17, 15) is 4.79 Å². The van der Waals surface area contributed by atoms with Crippen LogP contribution in [0.1, 0.15) is 31.9 Å². The van der Waals surface area contributed by atoms with Gasteiger partial charge in [0.2, 0.25) is 0 Å². The van der Waals surface area contributed by atoms with Crippen LogP contribution in [0.15, 0.2) is 24.3 Å². The SMILES string of the molecule is CC(C)(C)OC(=O)COC1Cc2ccccc2CC1N. The molecule has 0 aromatic heterocycles. The Kier molecular flexibility index (Phi) is 4.45. The summed E-state index contributed by atoms with van der Waals surface area (Å²) in [6, 6.07) is 8.14. The standard InChI is InChI=1S/C16H23NO3/c1-16(2,3)20-15(18)10-19-14-9-12-7-5-4-6-11(12)8-13(14)17/h4-7,13-14H,8-10,17H2,1-3H3. The van der Waals surface area contributed by atoms with E-state index in [4.69, 9.17) is 15.2 Å². The van der Waals surface area contributed by atoms with Crippen molar-refractivity contribution in [3.8, 4) is 0 Å². The average molecular weight is 277 g/mol. The molecule has 110 valence electrons. The van der Waals surface area contributed by atoms with Gasteiger partial charge in [-0.15, -0.1) is 0 Å². The molecule has 4 nitrogen and oxygen atoms in total. The quantitative estimate of drug-likeness (QED) is 0.856. The Hall–Kier alpha value is -1.39. The van der Waals surface area contributed by atoms with Gasteiger partial charge in [-0.05, 0) is 38.3 Å². The number of hydrogen-bond donors (Lipinski definition) is 1. The fourth-order valence-electron chi connectivity index (χ4n) is 2.44. The number of fused-ring (bicyclic) bond motifs is 1. The number of carbonyl (C=O) groups excluding carboxylic acids is 1. The molecule has 1 aliphatic rings. The van der Waals surface area contributed by atoms with Gasteiger partial charge in [0.05, 0.1) is 6.10 Å². The molecule has 0 saturated carbocycles. The lowest BCUT2D eigenvalue weighted by Gasteiger charge is -2.30. The maximum Gasteiger partial charge on any atom is 0.332 e. The molecule has 1 aromatic rings. The molecule has 0 radical (unpaired) electrons. The summed E-state index contributed by atoms with van der Waals surface area (Å²) in [6.07, 6.45) is 1.41. The zero-order chi connectivity index (χ0) is 14.8. The molecule has 0 bridgehead atoms. The van der Waals surface area contributed by atoms with E-state index in [2.05, 4.69) is 12.1 Å². The van der Waals surface area contributed by atoms with Crippen molar-refractivity contribution in [2.75, 3.05) is 6.61 Å². The van der Waals surface area contributed by atoms with Gasteiger partial charge in [-0.2, -0.15) is 0 Å². The van der Waals surface area contributed by atoms with Crippen molar-refractivity contribution in [3.05, 3.63) is 35.4 Å². The van der Waals surface area contributed by atoms with Gasteiger partial charge < -0.3 is 15.2 Å². The lowest BCUT2D eigenvalue weighted by atomic mass is 9.86. The monoisotopic (exact) mass is 277 g/mol. The largest absolute Gasteiger partial charge is 0.458 e. The normalized spacial score (nSPS) is 22.2. The third-order valence-electron chi connectivity index (χ3n) is 3.31. The number of nitrogens with two attached hydrogens (primary N) is 1. The van der Waals surface area contributed by atoms with E-state index in [1.807, 2.05) is 32.9 Å². The van der Waals surface area contributed by atoms with E-state index >= 15 is 0 Å². The number of esters is 1. The van der Waals surface area contributed by atoms with Gasteiger partial charge in [-0.25, -0.2) is 4.79 Å². The van der Waals surface area contributed by atoms with Gasteiger partial charge in [-0.3, -0.25) is 0 Å². The highest BCUT2D eigenvalue weighted by Gasteiger charge is 2.27. The summed E-state index contributed by atoms with van der Waals surface area (Å²) in [4.78, 5) is 11.7. The highest BCUT2D eigenvalue weighted by atomic mass is 16.6. The van der Waals surface area contributed by atoms with Crippen LogP contribution >= 0.6 is 0 Å². The zero-order valence-electron chi connectivity index (χ0n) is 12.4. The first-order chi connectivity index (χ1) is 9.35. The van der Waals surface area contributed by atoms with Crippen LogP contribution in [-0.2, 0) is 27.1 Å². The maximum atomic E-state index is 11.7. The van der Waals surface area contributed by atoms with Crippen LogP contribution in [-0.4, -0.2) is 30.3 Å². The lowest BCUT2D eigenvalue weighted by molar-refractivity contribution is -0.162. The molecule has 2 rings (SSSR count). The van der Waals surface area contributed by atoms with Crippen LogP contribution in [0, 0.1) is 0 Å². The topological polar surface area (TPSA) is 61.5 Å². The molecule has 20 heavy (non-hydrogen) atoms. The Morgan fingerprint density at radius 1 is 1.25 bits per heavy atom. The van der Waals surface area contributed by atoms with Crippen LogP contribution in [0.25, 0.3) is 0 Å². The van der Waals surface area contributed by atoms with E-state index in [-0.39, 0.29) is 24.7 Å². The third-order valence-corrected chi connectivity index (χ3v) is 3.31. The lowest BCUT2D eigenvalue weighted by Crippen LogP contribution is -2.44. The minimum Gasteiger partial charge on any atom is -0.458 e. The van der Waals surface area contributed by atoms with Crippen LogP contribution < -0.4 is 5.73 Å². The predicted molar refractivity (Wildman–Crippen MR) is 77.4 cm³/mol. The summed E-state index contributed by atoms with van der Waals surface area (Å²) in [7, 11) is 0. The first kappa shape index (κ1) is 15.0. The van der Waals surface area contributed by atoms with Gasteiger partial charge in [0.25, 0.3) is 0 Å². The molecule has 2 atom stereocenters. The van der Waals surface area contributed by atoms with Crippen molar-refractivity contribution in [1.29, 1.82) is 0 Å².